The van der Waals surface area contributed by atoms with Crippen molar-refractivity contribution in [3.8, 4) is 0 Å². The van der Waals surface area contributed by atoms with E-state index in [0.29, 0.717) is 12.5 Å². The number of ether oxygens (including phenoxy) is 1. The molecule has 1 aliphatic rings. The SMILES string of the molecule is C[C@@H]1CC[C@H](COC(=O)C=[N+]=[N-])C1. The highest BCUT2D eigenvalue weighted by Crippen LogP contribution is 2.30. The smallest absolute Gasteiger partial charge is 0.413 e. The second kappa shape index (κ2) is 4.77. The fraction of sp³-hybridized carbons (Fsp3) is 0.778. The van der Waals surface area contributed by atoms with Crippen LogP contribution in [0.15, 0.2) is 0 Å². The third kappa shape index (κ3) is 3.38. The summed E-state index contributed by atoms with van der Waals surface area (Å²) in [6.45, 7) is 2.66. The number of nitrogens with zero attached hydrogens (tertiary/aromatic N) is 2. The second-order valence-electron chi connectivity index (χ2n) is 3.66. The minimum absolute atomic E-state index is 0.454. The molecule has 0 aromatic carbocycles. The first-order valence-electron chi connectivity index (χ1n) is 4.56. The van der Waals surface area contributed by atoms with Crippen LogP contribution in [0.25, 0.3) is 5.53 Å². The van der Waals surface area contributed by atoms with Crippen molar-refractivity contribution in [3.63, 3.8) is 0 Å². The summed E-state index contributed by atoms with van der Waals surface area (Å²) in [5.74, 6) is 0.670. The molecule has 0 bridgehead atoms. The normalized spacial score (nSPS) is 26.5. The molecule has 0 unspecified atom stereocenters. The Morgan fingerprint density at radius 3 is 3.00 bits per heavy atom. The van der Waals surface area contributed by atoms with Crippen LogP contribution < -0.4 is 0 Å². The number of rotatable bonds is 3. The van der Waals surface area contributed by atoms with Gasteiger partial charge in [-0.3, -0.25) is 0 Å². The standard InChI is InChI=1S/C9H14N2O2/c1-7-2-3-8(4-7)6-13-9(12)5-11-10/h5,7-8H,2-4,6H2,1H3/t7-,8+/m1/s1. The van der Waals surface area contributed by atoms with Gasteiger partial charge >= 0.3 is 12.2 Å². The molecule has 0 radical (unpaired) electrons. The van der Waals surface area contributed by atoms with E-state index in [-0.39, 0.29) is 0 Å². The Kier molecular flexibility index (Phi) is 3.65. The van der Waals surface area contributed by atoms with Gasteiger partial charge in [0.2, 0.25) is 0 Å². The van der Waals surface area contributed by atoms with Crippen LogP contribution in [0.2, 0.25) is 0 Å². The number of esters is 1. The van der Waals surface area contributed by atoms with Gasteiger partial charge in [0.25, 0.3) is 0 Å². The van der Waals surface area contributed by atoms with E-state index in [1.807, 2.05) is 0 Å². The molecular weight excluding hydrogens is 168 g/mol. The molecule has 0 aromatic rings. The zero-order valence-electron chi connectivity index (χ0n) is 7.77. The summed E-state index contributed by atoms with van der Waals surface area (Å²) in [5, 5.41) is 0. The Morgan fingerprint density at radius 2 is 2.46 bits per heavy atom. The predicted molar refractivity (Wildman–Crippen MR) is 47.1 cm³/mol. The van der Waals surface area contributed by atoms with E-state index >= 15 is 0 Å². The van der Waals surface area contributed by atoms with E-state index in [0.717, 1.165) is 25.0 Å². The lowest BCUT2D eigenvalue weighted by atomic mass is 10.1. The maximum Gasteiger partial charge on any atom is 0.413 e. The number of hydrogen-bond acceptors (Lipinski definition) is 2. The van der Waals surface area contributed by atoms with Crippen LogP contribution in [0.4, 0.5) is 0 Å². The maximum atomic E-state index is 10.7. The van der Waals surface area contributed by atoms with E-state index in [2.05, 4.69) is 11.7 Å². The first-order chi connectivity index (χ1) is 6.22. The van der Waals surface area contributed by atoms with Gasteiger partial charge in [-0.05, 0) is 24.7 Å². The Balaban J connectivity index is 2.19. The van der Waals surface area contributed by atoms with E-state index in [1.54, 1.807) is 0 Å². The van der Waals surface area contributed by atoms with Crippen molar-refractivity contribution in [1.29, 1.82) is 0 Å². The lowest BCUT2D eigenvalue weighted by molar-refractivity contribution is -0.140. The van der Waals surface area contributed by atoms with Crippen LogP contribution in [-0.2, 0) is 9.53 Å². The molecule has 2 atom stereocenters. The van der Waals surface area contributed by atoms with E-state index in [1.165, 1.54) is 6.42 Å². The van der Waals surface area contributed by atoms with Gasteiger partial charge in [0.05, 0.1) is 6.61 Å². The van der Waals surface area contributed by atoms with Crippen molar-refractivity contribution in [2.75, 3.05) is 6.61 Å². The van der Waals surface area contributed by atoms with Gasteiger partial charge < -0.3 is 10.3 Å². The molecular formula is C9H14N2O2. The molecule has 0 amide bonds. The summed E-state index contributed by atoms with van der Waals surface area (Å²) in [6.07, 6.45) is 4.25. The predicted octanol–water partition coefficient (Wildman–Crippen LogP) is 1.27. The Morgan fingerprint density at radius 1 is 1.69 bits per heavy atom. The van der Waals surface area contributed by atoms with Crippen molar-refractivity contribution in [1.82, 2.24) is 0 Å². The molecule has 4 nitrogen and oxygen atoms in total. The molecule has 0 spiro atoms. The summed E-state index contributed by atoms with van der Waals surface area (Å²) in [6, 6.07) is 0. The first-order valence-corrected chi connectivity index (χ1v) is 4.56. The third-order valence-electron chi connectivity index (χ3n) is 2.43. The number of carbonyl (C=O) groups excluding carboxylic acids is 1. The zero-order valence-corrected chi connectivity index (χ0v) is 7.77. The lowest BCUT2D eigenvalue weighted by Crippen LogP contribution is -2.13. The topological polar surface area (TPSA) is 62.7 Å². The van der Waals surface area contributed by atoms with Gasteiger partial charge in [-0.25, -0.2) is 4.79 Å². The number of carbonyl (C=O) groups is 1. The molecule has 1 saturated carbocycles. The van der Waals surface area contributed by atoms with Gasteiger partial charge in [0, 0.05) is 0 Å². The van der Waals surface area contributed by atoms with Crippen molar-refractivity contribution in [3.05, 3.63) is 5.53 Å². The molecule has 0 saturated heterocycles. The largest absolute Gasteiger partial charge is 0.457 e. The average molecular weight is 182 g/mol. The molecule has 1 fully saturated rings. The zero-order chi connectivity index (χ0) is 9.68. The van der Waals surface area contributed by atoms with Crippen molar-refractivity contribution in [2.24, 2.45) is 11.8 Å². The highest BCUT2D eigenvalue weighted by Gasteiger charge is 2.22. The molecule has 0 N–H and O–H groups in total. The van der Waals surface area contributed by atoms with Gasteiger partial charge in [0.15, 0.2) is 0 Å². The van der Waals surface area contributed by atoms with Crippen LogP contribution in [0.5, 0.6) is 0 Å². The summed E-state index contributed by atoms with van der Waals surface area (Å²) < 4.78 is 4.87. The van der Waals surface area contributed by atoms with Crippen molar-refractivity contribution >= 4 is 12.2 Å². The van der Waals surface area contributed by atoms with Crippen LogP contribution in [0, 0.1) is 11.8 Å². The molecule has 0 aromatic heterocycles. The fourth-order valence-electron chi connectivity index (χ4n) is 1.76. The van der Waals surface area contributed by atoms with Gasteiger partial charge in [-0.1, -0.05) is 13.3 Å². The molecule has 72 valence electrons. The Labute approximate surface area is 77.5 Å². The van der Waals surface area contributed by atoms with Gasteiger partial charge in [0.1, 0.15) is 0 Å². The summed E-state index contributed by atoms with van der Waals surface area (Å²) in [7, 11) is 0. The second-order valence-corrected chi connectivity index (χ2v) is 3.66. The molecule has 1 aliphatic carbocycles. The summed E-state index contributed by atoms with van der Waals surface area (Å²) >= 11 is 0. The first kappa shape index (κ1) is 9.93. The Hall–Kier alpha value is -1.15. The fourth-order valence-corrected chi connectivity index (χ4v) is 1.76. The molecule has 13 heavy (non-hydrogen) atoms. The quantitative estimate of drug-likeness (QED) is 0.285. The van der Waals surface area contributed by atoms with Gasteiger partial charge in [-0.2, -0.15) is 4.79 Å². The number of hydrogen-bond donors (Lipinski definition) is 0. The minimum Gasteiger partial charge on any atom is -0.457 e. The molecule has 0 aliphatic heterocycles. The monoisotopic (exact) mass is 182 g/mol. The molecule has 4 heteroatoms. The van der Waals surface area contributed by atoms with Crippen LogP contribution >= 0.6 is 0 Å². The van der Waals surface area contributed by atoms with Crippen molar-refractivity contribution in [2.45, 2.75) is 26.2 Å². The maximum absolute atomic E-state index is 10.7. The van der Waals surface area contributed by atoms with E-state index in [4.69, 9.17) is 10.3 Å². The van der Waals surface area contributed by atoms with E-state index < -0.39 is 5.97 Å². The molecule has 1 rings (SSSR count). The average Bonchev–Trinajstić information content (AvgIpc) is 2.49. The summed E-state index contributed by atoms with van der Waals surface area (Å²) in [5.41, 5.74) is 8.04. The Bertz CT molecular complexity index is 234. The van der Waals surface area contributed by atoms with E-state index in [9.17, 15) is 4.79 Å². The lowest BCUT2D eigenvalue weighted by Gasteiger charge is -2.07. The van der Waals surface area contributed by atoms with Crippen molar-refractivity contribution < 1.29 is 14.3 Å². The van der Waals surface area contributed by atoms with Gasteiger partial charge in [-0.15, -0.1) is 0 Å². The third-order valence-corrected chi connectivity index (χ3v) is 2.43. The minimum atomic E-state index is -0.568. The molecule has 0 heterocycles. The highest BCUT2D eigenvalue weighted by atomic mass is 16.5. The van der Waals surface area contributed by atoms with Crippen LogP contribution in [-0.4, -0.2) is 23.6 Å². The highest BCUT2D eigenvalue weighted by molar-refractivity contribution is 6.20. The van der Waals surface area contributed by atoms with Crippen LogP contribution in [0.3, 0.4) is 0 Å². The van der Waals surface area contributed by atoms with Crippen LogP contribution in [0.1, 0.15) is 26.2 Å². The summed E-state index contributed by atoms with van der Waals surface area (Å²) in [4.78, 5) is 13.3.